The molecule has 1 aromatic rings. The average Bonchev–Trinajstić information content (AvgIpc) is 2.33. The predicted octanol–water partition coefficient (Wildman–Crippen LogP) is 2.15. The van der Waals surface area contributed by atoms with E-state index in [2.05, 4.69) is 10.3 Å². The molecule has 0 unspecified atom stereocenters. The lowest BCUT2D eigenvalue weighted by molar-refractivity contribution is -0.119. The molecule has 0 saturated heterocycles. The van der Waals surface area contributed by atoms with Gasteiger partial charge in [0.2, 0.25) is 5.91 Å². The molecule has 0 aromatic heterocycles. The van der Waals surface area contributed by atoms with Crippen molar-refractivity contribution in [2.24, 2.45) is 10.7 Å². The maximum Gasteiger partial charge on any atom is 0.250 e. The van der Waals surface area contributed by atoms with Crippen molar-refractivity contribution in [3.63, 3.8) is 0 Å². The average molecular weight is 290 g/mol. The number of amides is 1. The van der Waals surface area contributed by atoms with E-state index in [9.17, 15) is 4.79 Å². The summed E-state index contributed by atoms with van der Waals surface area (Å²) in [6.45, 7) is -0.0323. The number of halogens is 2. The van der Waals surface area contributed by atoms with Gasteiger partial charge >= 0.3 is 0 Å². The first kappa shape index (κ1) is 14.8. The van der Waals surface area contributed by atoms with Crippen LogP contribution >= 0.6 is 23.2 Å². The number of aliphatic imine (C=N–C) groups is 1. The van der Waals surface area contributed by atoms with Crippen molar-refractivity contribution in [2.75, 3.05) is 24.9 Å². The summed E-state index contributed by atoms with van der Waals surface area (Å²) < 4.78 is 4.70. The van der Waals surface area contributed by atoms with Crippen LogP contribution in [0.2, 0.25) is 5.02 Å². The molecule has 18 heavy (non-hydrogen) atoms. The Labute approximate surface area is 115 Å². The molecule has 1 aromatic carbocycles. The van der Waals surface area contributed by atoms with Gasteiger partial charge in [-0.05, 0) is 18.2 Å². The number of alkyl halides is 1. The Morgan fingerprint density at radius 1 is 1.56 bits per heavy atom. The van der Waals surface area contributed by atoms with E-state index in [-0.39, 0.29) is 18.4 Å². The number of methoxy groups -OCH3 is 1. The van der Waals surface area contributed by atoms with E-state index in [0.717, 1.165) is 0 Å². The maximum absolute atomic E-state index is 11.3. The molecule has 0 saturated carbocycles. The summed E-state index contributed by atoms with van der Waals surface area (Å²) in [6.07, 6.45) is 0. The summed E-state index contributed by atoms with van der Waals surface area (Å²) in [5.74, 6) is 0.157. The lowest BCUT2D eigenvalue weighted by atomic mass is 10.3. The van der Waals surface area contributed by atoms with Crippen molar-refractivity contribution in [1.82, 2.24) is 0 Å². The van der Waals surface area contributed by atoms with Gasteiger partial charge < -0.3 is 15.8 Å². The third kappa shape index (κ3) is 4.52. The fraction of sp³-hybridized carbons (Fsp3) is 0.273. The first-order valence-electron chi connectivity index (χ1n) is 5.04. The number of ether oxygens (including phenoxy) is 1. The molecule has 0 atom stereocenters. The fourth-order valence-electron chi connectivity index (χ4n) is 1.19. The van der Waals surface area contributed by atoms with Gasteiger partial charge in [0.05, 0.1) is 22.3 Å². The molecular weight excluding hydrogens is 277 g/mol. The van der Waals surface area contributed by atoms with Crippen LogP contribution in [0, 0.1) is 0 Å². The lowest BCUT2D eigenvalue weighted by Gasteiger charge is -2.07. The van der Waals surface area contributed by atoms with Crippen molar-refractivity contribution in [3.8, 4) is 0 Å². The first-order valence-corrected chi connectivity index (χ1v) is 5.95. The van der Waals surface area contributed by atoms with Crippen LogP contribution in [0.15, 0.2) is 23.2 Å². The lowest BCUT2D eigenvalue weighted by Crippen LogP contribution is -2.17. The maximum atomic E-state index is 11.3. The van der Waals surface area contributed by atoms with Crippen LogP contribution in [-0.2, 0) is 9.53 Å². The van der Waals surface area contributed by atoms with Crippen molar-refractivity contribution in [1.29, 1.82) is 0 Å². The Morgan fingerprint density at radius 3 is 2.83 bits per heavy atom. The third-order valence-electron chi connectivity index (χ3n) is 1.91. The Bertz CT molecular complexity index is 464. The second kappa shape index (κ2) is 7.20. The number of carbonyl (C=O) groups excluding carboxylic acids is 1. The Hall–Kier alpha value is -1.30. The Morgan fingerprint density at radius 2 is 2.28 bits per heavy atom. The number of anilines is 1. The number of nitrogens with zero attached hydrogens (tertiary/aromatic N) is 1. The highest BCUT2D eigenvalue weighted by molar-refractivity contribution is 6.34. The van der Waals surface area contributed by atoms with Crippen LogP contribution in [0.4, 0.5) is 11.4 Å². The second-order valence-corrected chi connectivity index (χ2v) is 4.06. The molecule has 0 bridgehead atoms. The Kier molecular flexibility index (Phi) is 5.91. The quantitative estimate of drug-likeness (QED) is 0.495. The molecular formula is C11H13Cl2N3O2. The van der Waals surface area contributed by atoms with Crippen molar-refractivity contribution in [2.45, 2.75) is 0 Å². The molecule has 7 heteroatoms. The molecule has 98 valence electrons. The fourth-order valence-corrected chi connectivity index (χ4v) is 1.47. The summed E-state index contributed by atoms with van der Waals surface area (Å²) in [5.41, 5.74) is 6.56. The Balaban J connectivity index is 2.83. The zero-order valence-corrected chi connectivity index (χ0v) is 11.3. The standard InChI is InChI=1S/C11H13Cl2N3O2/c1-18-6-11(17)16-9-3-2-7(4-8(9)13)15-10(14)5-12/h2-4H,5-6H2,1H3,(H2,14,15)(H,16,17). The molecule has 0 heterocycles. The number of rotatable bonds is 5. The molecule has 0 radical (unpaired) electrons. The summed E-state index contributed by atoms with van der Waals surface area (Å²) in [4.78, 5) is 15.3. The number of hydrogen-bond acceptors (Lipinski definition) is 3. The van der Waals surface area contributed by atoms with Gasteiger partial charge in [-0.3, -0.25) is 4.79 Å². The van der Waals surface area contributed by atoms with Gasteiger partial charge in [-0.15, -0.1) is 11.6 Å². The van der Waals surface area contributed by atoms with Crippen LogP contribution in [-0.4, -0.2) is 31.3 Å². The smallest absolute Gasteiger partial charge is 0.250 e. The zero-order chi connectivity index (χ0) is 13.5. The number of hydrogen-bond donors (Lipinski definition) is 2. The first-order chi connectivity index (χ1) is 8.56. The highest BCUT2D eigenvalue weighted by atomic mass is 35.5. The number of nitrogens with one attached hydrogen (secondary N) is 1. The van der Waals surface area contributed by atoms with E-state index in [4.69, 9.17) is 33.7 Å². The number of carbonyl (C=O) groups is 1. The molecule has 0 aliphatic rings. The minimum Gasteiger partial charge on any atom is -0.386 e. The molecule has 3 N–H and O–H groups in total. The molecule has 0 aliphatic heterocycles. The number of benzene rings is 1. The SMILES string of the molecule is COCC(=O)Nc1ccc(N=C(N)CCl)cc1Cl. The van der Waals surface area contributed by atoms with Crippen molar-refractivity contribution in [3.05, 3.63) is 23.2 Å². The largest absolute Gasteiger partial charge is 0.386 e. The molecule has 0 spiro atoms. The van der Waals surface area contributed by atoms with Gasteiger partial charge in [-0.2, -0.15) is 0 Å². The van der Waals surface area contributed by atoms with E-state index in [1.54, 1.807) is 18.2 Å². The molecule has 5 nitrogen and oxygen atoms in total. The van der Waals surface area contributed by atoms with Gasteiger partial charge in [0.15, 0.2) is 0 Å². The third-order valence-corrected chi connectivity index (χ3v) is 2.50. The van der Waals surface area contributed by atoms with Gasteiger partial charge in [0, 0.05) is 7.11 Å². The van der Waals surface area contributed by atoms with Crippen LogP contribution < -0.4 is 11.1 Å². The van der Waals surface area contributed by atoms with Crippen LogP contribution in [0.5, 0.6) is 0 Å². The summed E-state index contributed by atoms with van der Waals surface area (Å²) in [5, 5.41) is 2.97. The molecule has 1 rings (SSSR count). The molecule has 1 amide bonds. The zero-order valence-electron chi connectivity index (χ0n) is 9.74. The van der Waals surface area contributed by atoms with E-state index >= 15 is 0 Å². The molecule has 0 aliphatic carbocycles. The van der Waals surface area contributed by atoms with Gasteiger partial charge in [-0.1, -0.05) is 11.6 Å². The highest BCUT2D eigenvalue weighted by Crippen LogP contribution is 2.27. The van der Waals surface area contributed by atoms with E-state index in [1.165, 1.54) is 7.11 Å². The monoisotopic (exact) mass is 289 g/mol. The van der Waals surface area contributed by atoms with Crippen molar-refractivity contribution >= 4 is 46.3 Å². The summed E-state index contributed by atoms with van der Waals surface area (Å²) in [6, 6.07) is 4.90. The molecule has 0 fully saturated rings. The van der Waals surface area contributed by atoms with Gasteiger partial charge in [0.1, 0.15) is 12.4 Å². The normalized spacial score (nSPS) is 11.4. The predicted molar refractivity (Wildman–Crippen MR) is 74.0 cm³/mol. The van der Waals surface area contributed by atoms with Crippen LogP contribution in [0.25, 0.3) is 0 Å². The summed E-state index contributed by atoms with van der Waals surface area (Å²) in [7, 11) is 1.44. The topological polar surface area (TPSA) is 76.7 Å². The highest BCUT2D eigenvalue weighted by Gasteiger charge is 2.06. The van der Waals surface area contributed by atoms with Crippen LogP contribution in [0.1, 0.15) is 0 Å². The minimum absolute atomic E-state index is 0.0323. The number of amidine groups is 1. The number of nitrogens with two attached hydrogens (primary N) is 1. The van der Waals surface area contributed by atoms with Crippen molar-refractivity contribution < 1.29 is 9.53 Å². The van der Waals surface area contributed by atoms with E-state index in [1.807, 2.05) is 0 Å². The van der Waals surface area contributed by atoms with Gasteiger partial charge in [-0.25, -0.2) is 4.99 Å². The van der Waals surface area contributed by atoms with E-state index in [0.29, 0.717) is 22.2 Å². The summed E-state index contributed by atoms with van der Waals surface area (Å²) >= 11 is 11.5. The minimum atomic E-state index is -0.282. The van der Waals surface area contributed by atoms with E-state index < -0.39 is 0 Å². The van der Waals surface area contributed by atoms with Crippen LogP contribution in [0.3, 0.4) is 0 Å². The second-order valence-electron chi connectivity index (χ2n) is 3.38. The van der Waals surface area contributed by atoms with Gasteiger partial charge in [0.25, 0.3) is 0 Å².